The zero-order chi connectivity index (χ0) is 22.3. The first kappa shape index (κ1) is 20.4. The molecule has 0 radical (unpaired) electrons. The van der Waals surface area contributed by atoms with Crippen LogP contribution in [0.15, 0.2) is 36.4 Å². The Morgan fingerprint density at radius 2 is 1.81 bits per heavy atom. The van der Waals surface area contributed by atoms with Gasteiger partial charge in [-0.25, -0.2) is 9.18 Å². The van der Waals surface area contributed by atoms with E-state index in [0.717, 1.165) is 18.4 Å². The van der Waals surface area contributed by atoms with Crippen LogP contribution in [-0.4, -0.2) is 63.4 Å². The molecule has 1 N–H and O–H groups in total. The van der Waals surface area contributed by atoms with E-state index in [4.69, 9.17) is 4.74 Å². The number of rotatable bonds is 3. The second kappa shape index (κ2) is 7.89. The summed E-state index contributed by atoms with van der Waals surface area (Å²) >= 11 is 0. The van der Waals surface area contributed by atoms with Crippen molar-refractivity contribution in [3.8, 4) is 0 Å². The maximum absolute atomic E-state index is 13.7. The summed E-state index contributed by atoms with van der Waals surface area (Å²) in [4.78, 5) is 28.8. The van der Waals surface area contributed by atoms with Gasteiger partial charge in [0, 0.05) is 37.2 Å². The lowest BCUT2D eigenvalue weighted by molar-refractivity contribution is -0.0319. The minimum atomic E-state index is -0.381. The Labute approximate surface area is 184 Å². The number of nitrogens with one attached hydrogen (secondary N) is 1. The number of hydrogen-bond acceptors (Lipinski definition) is 5. The van der Waals surface area contributed by atoms with E-state index in [-0.39, 0.29) is 29.8 Å². The van der Waals surface area contributed by atoms with Crippen LogP contribution in [0.3, 0.4) is 0 Å². The maximum Gasteiger partial charge on any atom is 0.410 e. The van der Waals surface area contributed by atoms with Gasteiger partial charge in [0.2, 0.25) is 0 Å². The molecule has 3 aromatic rings. The van der Waals surface area contributed by atoms with Gasteiger partial charge in [-0.1, -0.05) is 12.1 Å². The van der Waals surface area contributed by atoms with Crippen LogP contribution in [0, 0.1) is 18.2 Å². The summed E-state index contributed by atoms with van der Waals surface area (Å²) in [6.07, 6.45) is 1.27. The van der Waals surface area contributed by atoms with Crippen LogP contribution < -0.4 is 0 Å². The molecule has 166 valence electrons. The molecule has 3 heterocycles. The first-order valence-corrected chi connectivity index (χ1v) is 10.7. The zero-order valence-electron chi connectivity index (χ0n) is 17.8. The Hall–Kier alpha value is -3.49. The Morgan fingerprint density at radius 1 is 1.06 bits per heavy atom. The number of likely N-dealkylation sites (tertiary alicyclic amines) is 2. The summed E-state index contributed by atoms with van der Waals surface area (Å²) in [6.45, 7) is 4.30. The third-order valence-electron chi connectivity index (χ3n) is 6.58. The average molecular weight is 437 g/mol. The van der Waals surface area contributed by atoms with Crippen molar-refractivity contribution in [2.24, 2.45) is 5.41 Å². The fourth-order valence-electron chi connectivity index (χ4n) is 4.51. The smallest absolute Gasteiger partial charge is 0.410 e. The molecule has 9 heteroatoms. The van der Waals surface area contributed by atoms with E-state index in [1.165, 1.54) is 6.07 Å². The molecule has 1 spiro atoms. The number of aryl methyl sites for hydroxylation is 1. The molecule has 0 aliphatic carbocycles. The first-order valence-electron chi connectivity index (χ1n) is 10.7. The number of amides is 2. The number of piperidine rings is 1. The Morgan fingerprint density at radius 3 is 2.56 bits per heavy atom. The highest BCUT2D eigenvalue weighted by Crippen LogP contribution is 2.41. The van der Waals surface area contributed by atoms with Crippen molar-refractivity contribution in [3.63, 3.8) is 0 Å². The molecule has 0 bridgehead atoms. The van der Waals surface area contributed by atoms with Crippen molar-refractivity contribution in [2.45, 2.75) is 26.4 Å². The molecule has 2 aromatic carbocycles. The monoisotopic (exact) mass is 437 g/mol. The number of fused-ring (bicyclic) bond motifs is 1. The van der Waals surface area contributed by atoms with Gasteiger partial charge in [0.15, 0.2) is 0 Å². The largest absolute Gasteiger partial charge is 0.445 e. The highest BCUT2D eigenvalue weighted by atomic mass is 19.1. The van der Waals surface area contributed by atoms with Gasteiger partial charge < -0.3 is 14.5 Å². The van der Waals surface area contributed by atoms with Crippen molar-refractivity contribution in [2.75, 3.05) is 26.2 Å². The SMILES string of the molecule is Cc1ccc(COC(=O)N2CCC3(CC2)CN(C(=O)c2ccc4n[nH]nc4c2)C3)cc1F. The van der Waals surface area contributed by atoms with Gasteiger partial charge in [-0.2, -0.15) is 15.4 Å². The second-order valence-electron chi connectivity index (χ2n) is 8.81. The highest BCUT2D eigenvalue weighted by molar-refractivity contribution is 5.97. The molecular formula is C23H24FN5O3. The molecule has 32 heavy (non-hydrogen) atoms. The molecule has 0 unspecified atom stereocenters. The number of halogens is 1. The number of benzene rings is 2. The lowest BCUT2D eigenvalue weighted by Gasteiger charge is -2.53. The Kier molecular flexibility index (Phi) is 5.03. The number of nitrogens with zero attached hydrogens (tertiary/aromatic N) is 4. The lowest BCUT2D eigenvalue weighted by atomic mass is 9.72. The van der Waals surface area contributed by atoms with E-state index >= 15 is 0 Å². The molecule has 2 aliphatic rings. The molecule has 2 fully saturated rings. The van der Waals surface area contributed by atoms with Crippen LogP contribution in [0.25, 0.3) is 11.0 Å². The van der Waals surface area contributed by atoms with Gasteiger partial charge in [-0.3, -0.25) is 4.79 Å². The summed E-state index contributed by atoms with van der Waals surface area (Å²) < 4.78 is 19.0. The molecule has 2 saturated heterocycles. The number of H-pyrrole nitrogens is 1. The minimum absolute atomic E-state index is 0.00676. The van der Waals surface area contributed by atoms with E-state index in [0.29, 0.717) is 48.4 Å². The van der Waals surface area contributed by atoms with Gasteiger partial charge in [-0.15, -0.1) is 0 Å². The summed E-state index contributed by atoms with van der Waals surface area (Å²) in [5.41, 5.74) is 3.26. The number of aromatic nitrogens is 3. The maximum atomic E-state index is 13.7. The van der Waals surface area contributed by atoms with E-state index < -0.39 is 0 Å². The second-order valence-corrected chi connectivity index (χ2v) is 8.81. The van der Waals surface area contributed by atoms with Crippen molar-refractivity contribution in [3.05, 3.63) is 58.9 Å². The third kappa shape index (κ3) is 3.79. The zero-order valence-corrected chi connectivity index (χ0v) is 17.8. The summed E-state index contributed by atoms with van der Waals surface area (Å²) in [5.74, 6) is -0.309. The molecule has 2 amide bonds. The lowest BCUT2D eigenvalue weighted by Crippen LogP contribution is -2.62. The highest BCUT2D eigenvalue weighted by Gasteiger charge is 2.47. The Balaban J connectivity index is 1.11. The molecule has 0 atom stereocenters. The Bertz CT molecular complexity index is 1180. The summed E-state index contributed by atoms with van der Waals surface area (Å²) in [5, 5.41) is 10.6. The van der Waals surface area contributed by atoms with E-state index in [1.807, 2.05) is 4.90 Å². The first-order chi connectivity index (χ1) is 15.4. The fraction of sp³-hybridized carbons (Fsp3) is 0.391. The van der Waals surface area contributed by atoms with Crippen LogP contribution in [0.2, 0.25) is 0 Å². The van der Waals surface area contributed by atoms with E-state index in [9.17, 15) is 14.0 Å². The van der Waals surface area contributed by atoms with E-state index in [2.05, 4.69) is 15.4 Å². The molecule has 0 saturated carbocycles. The normalized spacial score (nSPS) is 17.4. The van der Waals surface area contributed by atoms with Gasteiger partial charge in [0.05, 0.1) is 0 Å². The summed E-state index contributed by atoms with van der Waals surface area (Å²) in [7, 11) is 0. The quantitative estimate of drug-likeness (QED) is 0.679. The van der Waals surface area contributed by atoms with Gasteiger partial charge in [0.1, 0.15) is 23.5 Å². The minimum Gasteiger partial charge on any atom is -0.445 e. The predicted molar refractivity (Wildman–Crippen MR) is 114 cm³/mol. The standard InChI is InChI=1S/C23H24FN5O3/c1-15-2-3-16(10-18(15)24)12-32-22(31)28-8-6-23(7-9-28)13-29(14-23)21(30)17-4-5-19-20(11-17)26-27-25-19/h2-5,10-11H,6-9,12-14H2,1H3,(H,25,26,27). The topological polar surface area (TPSA) is 91.4 Å². The predicted octanol–water partition coefficient (Wildman–Crippen LogP) is 3.28. The molecule has 2 aliphatic heterocycles. The van der Waals surface area contributed by atoms with Crippen molar-refractivity contribution in [1.29, 1.82) is 0 Å². The molecule has 1 aromatic heterocycles. The van der Waals surface area contributed by atoms with Gasteiger partial charge in [0.25, 0.3) is 5.91 Å². The number of ether oxygens (including phenoxy) is 1. The number of carbonyl (C=O) groups is 2. The van der Waals surface area contributed by atoms with E-state index in [1.54, 1.807) is 42.2 Å². The third-order valence-corrected chi connectivity index (χ3v) is 6.58. The molecule has 8 nitrogen and oxygen atoms in total. The summed E-state index contributed by atoms with van der Waals surface area (Å²) in [6, 6.07) is 10.2. The van der Waals surface area contributed by atoms with Crippen LogP contribution in [0.5, 0.6) is 0 Å². The fourth-order valence-corrected chi connectivity index (χ4v) is 4.51. The molecule has 5 rings (SSSR count). The van der Waals surface area contributed by atoms with Crippen molar-refractivity contribution >= 4 is 23.0 Å². The van der Waals surface area contributed by atoms with Crippen molar-refractivity contribution in [1.82, 2.24) is 25.2 Å². The van der Waals surface area contributed by atoms with Crippen LogP contribution >= 0.6 is 0 Å². The number of aromatic amines is 1. The average Bonchev–Trinajstić information content (AvgIpc) is 3.25. The van der Waals surface area contributed by atoms with Gasteiger partial charge in [-0.05, 0) is 55.2 Å². The van der Waals surface area contributed by atoms with Gasteiger partial charge >= 0.3 is 6.09 Å². The van der Waals surface area contributed by atoms with Crippen LogP contribution in [0.1, 0.15) is 34.3 Å². The van der Waals surface area contributed by atoms with Crippen LogP contribution in [-0.2, 0) is 11.3 Å². The van der Waals surface area contributed by atoms with Crippen LogP contribution in [0.4, 0.5) is 9.18 Å². The number of carbonyl (C=O) groups excluding carboxylic acids is 2. The van der Waals surface area contributed by atoms with Crippen molar-refractivity contribution < 1.29 is 18.7 Å². The molecular weight excluding hydrogens is 413 g/mol. The number of hydrogen-bond donors (Lipinski definition) is 1.